The van der Waals surface area contributed by atoms with Crippen molar-refractivity contribution in [3.8, 4) is 0 Å². The van der Waals surface area contributed by atoms with Gasteiger partial charge in [0.25, 0.3) is 0 Å². The Hall–Kier alpha value is -0.900. The van der Waals surface area contributed by atoms with Gasteiger partial charge in [0.1, 0.15) is 0 Å². The van der Waals surface area contributed by atoms with E-state index in [1.165, 1.54) is 0 Å². The maximum atomic E-state index is 10.7. The summed E-state index contributed by atoms with van der Waals surface area (Å²) in [5.74, 6) is 0.410. The molecular weight excluding hydrogens is 238 g/mol. The molecule has 2 unspecified atom stereocenters. The van der Waals surface area contributed by atoms with Gasteiger partial charge >= 0.3 is 0 Å². The van der Waals surface area contributed by atoms with Crippen LogP contribution in [0.3, 0.4) is 0 Å². The van der Waals surface area contributed by atoms with E-state index in [2.05, 4.69) is 18.7 Å². The molecule has 1 aromatic carbocycles. The van der Waals surface area contributed by atoms with Crippen molar-refractivity contribution >= 4 is 0 Å². The van der Waals surface area contributed by atoms with Crippen LogP contribution in [-0.4, -0.2) is 42.4 Å². The van der Waals surface area contributed by atoms with Crippen molar-refractivity contribution < 1.29 is 9.84 Å². The fourth-order valence-corrected chi connectivity index (χ4v) is 2.90. The number of aliphatic hydroxyl groups is 1. The summed E-state index contributed by atoms with van der Waals surface area (Å²) in [5.41, 5.74) is 1.01. The zero-order valence-corrected chi connectivity index (χ0v) is 12.0. The molecule has 2 rings (SSSR count). The molecule has 1 aliphatic rings. The van der Waals surface area contributed by atoms with Crippen LogP contribution in [0.15, 0.2) is 30.3 Å². The van der Waals surface area contributed by atoms with Gasteiger partial charge < -0.3 is 9.84 Å². The van der Waals surface area contributed by atoms with Crippen molar-refractivity contribution in [2.24, 2.45) is 5.92 Å². The molecule has 0 spiro atoms. The van der Waals surface area contributed by atoms with E-state index in [1.807, 2.05) is 30.3 Å². The monoisotopic (exact) mass is 263 g/mol. The quantitative estimate of drug-likeness (QED) is 0.906. The number of rotatable bonds is 4. The van der Waals surface area contributed by atoms with Gasteiger partial charge in [-0.1, -0.05) is 44.2 Å². The molecule has 0 bridgehead atoms. The molecule has 1 saturated heterocycles. The van der Waals surface area contributed by atoms with Crippen molar-refractivity contribution in [3.63, 3.8) is 0 Å². The summed E-state index contributed by atoms with van der Waals surface area (Å²) in [6, 6.07) is 10.1. The molecule has 19 heavy (non-hydrogen) atoms. The van der Waals surface area contributed by atoms with Crippen molar-refractivity contribution in [2.75, 3.05) is 26.3 Å². The van der Waals surface area contributed by atoms with Crippen molar-refractivity contribution in [1.29, 1.82) is 0 Å². The Morgan fingerprint density at radius 1 is 1.11 bits per heavy atom. The minimum Gasteiger partial charge on any atom is -0.387 e. The summed E-state index contributed by atoms with van der Waals surface area (Å²) in [6.07, 6.45) is 0.615. The number of nitrogens with zero attached hydrogens (tertiary/aromatic N) is 1. The van der Waals surface area contributed by atoms with E-state index in [4.69, 9.17) is 4.74 Å². The average molecular weight is 263 g/mol. The zero-order chi connectivity index (χ0) is 13.7. The van der Waals surface area contributed by atoms with Gasteiger partial charge in [-0.3, -0.25) is 4.90 Å². The van der Waals surface area contributed by atoms with Gasteiger partial charge in [-0.25, -0.2) is 0 Å². The van der Waals surface area contributed by atoms with Gasteiger partial charge in [0, 0.05) is 25.7 Å². The van der Waals surface area contributed by atoms with Crippen LogP contribution in [0.1, 0.15) is 31.9 Å². The molecule has 1 aliphatic heterocycles. The van der Waals surface area contributed by atoms with E-state index >= 15 is 0 Å². The Morgan fingerprint density at radius 2 is 1.84 bits per heavy atom. The first-order chi connectivity index (χ1) is 9.20. The Kier molecular flexibility index (Phi) is 5.37. The molecular formula is C16H25NO2. The molecule has 0 radical (unpaired) electrons. The molecule has 3 nitrogen and oxygen atoms in total. The standard InChI is InChI=1S/C16H25NO2/c1-13(2)15(17-9-6-11-19-12-10-17)16(18)14-7-4-3-5-8-14/h3-5,7-8,13,15-16,18H,6,9-12H2,1-2H3. The Bertz CT molecular complexity index is 358. The minimum absolute atomic E-state index is 0.157. The number of hydrogen-bond donors (Lipinski definition) is 1. The molecule has 1 fully saturated rings. The Balaban J connectivity index is 2.14. The molecule has 0 amide bonds. The van der Waals surface area contributed by atoms with Gasteiger partial charge in [0.05, 0.1) is 12.7 Å². The zero-order valence-electron chi connectivity index (χ0n) is 12.0. The van der Waals surface area contributed by atoms with Crippen molar-refractivity contribution in [1.82, 2.24) is 4.90 Å². The van der Waals surface area contributed by atoms with E-state index in [9.17, 15) is 5.11 Å². The summed E-state index contributed by atoms with van der Waals surface area (Å²) in [6.45, 7) is 7.89. The normalized spacial score (nSPS) is 21.1. The van der Waals surface area contributed by atoms with Gasteiger partial charge in [-0.2, -0.15) is 0 Å². The predicted octanol–water partition coefficient (Wildman–Crippen LogP) is 2.47. The lowest BCUT2D eigenvalue weighted by Gasteiger charge is -2.36. The third-order valence-corrected chi connectivity index (χ3v) is 3.83. The lowest BCUT2D eigenvalue weighted by molar-refractivity contribution is 0.0207. The smallest absolute Gasteiger partial charge is 0.0947 e. The van der Waals surface area contributed by atoms with E-state index in [1.54, 1.807) is 0 Å². The second-order valence-electron chi connectivity index (χ2n) is 5.59. The first-order valence-electron chi connectivity index (χ1n) is 7.25. The number of ether oxygens (including phenoxy) is 1. The fourth-order valence-electron chi connectivity index (χ4n) is 2.90. The summed E-state index contributed by atoms with van der Waals surface area (Å²) in [4.78, 5) is 2.38. The topological polar surface area (TPSA) is 32.7 Å². The molecule has 3 heteroatoms. The molecule has 1 heterocycles. The molecule has 0 aliphatic carbocycles. The lowest BCUT2D eigenvalue weighted by Crippen LogP contribution is -2.44. The van der Waals surface area contributed by atoms with E-state index < -0.39 is 6.10 Å². The molecule has 1 N–H and O–H groups in total. The average Bonchev–Trinajstić information content (AvgIpc) is 2.68. The third-order valence-electron chi connectivity index (χ3n) is 3.83. The highest BCUT2D eigenvalue weighted by molar-refractivity contribution is 5.19. The van der Waals surface area contributed by atoms with Gasteiger partial charge in [0.15, 0.2) is 0 Å². The molecule has 2 atom stereocenters. The van der Waals surface area contributed by atoms with E-state index in [0.717, 1.165) is 38.3 Å². The summed E-state index contributed by atoms with van der Waals surface area (Å²) >= 11 is 0. The van der Waals surface area contributed by atoms with Crippen molar-refractivity contribution in [2.45, 2.75) is 32.4 Å². The highest BCUT2D eigenvalue weighted by Gasteiger charge is 2.30. The minimum atomic E-state index is -0.431. The van der Waals surface area contributed by atoms with Crippen molar-refractivity contribution in [3.05, 3.63) is 35.9 Å². The number of benzene rings is 1. The van der Waals surface area contributed by atoms with Gasteiger partial charge in [-0.15, -0.1) is 0 Å². The number of hydrogen-bond acceptors (Lipinski definition) is 3. The van der Waals surface area contributed by atoms with Crippen LogP contribution in [-0.2, 0) is 4.74 Å². The van der Waals surface area contributed by atoms with Crippen LogP contribution in [0.5, 0.6) is 0 Å². The summed E-state index contributed by atoms with van der Waals surface area (Å²) in [5, 5.41) is 10.7. The maximum Gasteiger partial charge on any atom is 0.0947 e. The van der Waals surface area contributed by atoms with Crippen LogP contribution in [0.25, 0.3) is 0 Å². The second kappa shape index (κ2) is 7.04. The molecule has 1 aromatic rings. The largest absolute Gasteiger partial charge is 0.387 e. The predicted molar refractivity (Wildman–Crippen MR) is 77.0 cm³/mol. The van der Waals surface area contributed by atoms with E-state index in [0.29, 0.717) is 5.92 Å². The van der Waals surface area contributed by atoms with Crippen LogP contribution in [0.2, 0.25) is 0 Å². The fraction of sp³-hybridized carbons (Fsp3) is 0.625. The third kappa shape index (κ3) is 3.78. The SMILES string of the molecule is CC(C)C(C(O)c1ccccc1)N1CCCOCC1. The highest BCUT2D eigenvalue weighted by Crippen LogP contribution is 2.27. The molecule has 0 aromatic heterocycles. The number of aliphatic hydroxyl groups excluding tert-OH is 1. The maximum absolute atomic E-state index is 10.7. The van der Waals surface area contributed by atoms with Gasteiger partial charge in [-0.05, 0) is 17.9 Å². The molecule has 0 saturated carbocycles. The highest BCUT2D eigenvalue weighted by atomic mass is 16.5. The Morgan fingerprint density at radius 3 is 2.53 bits per heavy atom. The lowest BCUT2D eigenvalue weighted by atomic mass is 9.91. The Labute approximate surface area is 116 Å². The summed E-state index contributed by atoms with van der Waals surface area (Å²) in [7, 11) is 0. The van der Waals surface area contributed by atoms with Crippen LogP contribution >= 0.6 is 0 Å². The summed E-state index contributed by atoms with van der Waals surface area (Å²) < 4.78 is 5.52. The van der Waals surface area contributed by atoms with E-state index in [-0.39, 0.29) is 6.04 Å². The van der Waals surface area contributed by atoms with Crippen LogP contribution in [0.4, 0.5) is 0 Å². The first-order valence-corrected chi connectivity index (χ1v) is 7.25. The van der Waals surface area contributed by atoms with Crippen LogP contribution in [0, 0.1) is 5.92 Å². The van der Waals surface area contributed by atoms with Gasteiger partial charge in [0.2, 0.25) is 0 Å². The van der Waals surface area contributed by atoms with Crippen LogP contribution < -0.4 is 0 Å². The molecule has 106 valence electrons. The second-order valence-corrected chi connectivity index (χ2v) is 5.59. The first kappa shape index (κ1) is 14.5.